The Hall–Kier alpha value is -2.10. The Labute approximate surface area is 175 Å². The predicted octanol–water partition coefficient (Wildman–Crippen LogP) is 4.17. The van der Waals surface area contributed by atoms with E-state index in [9.17, 15) is 8.78 Å². The molecule has 0 spiro atoms. The fourth-order valence-corrected chi connectivity index (χ4v) is 2.30. The fraction of sp³-hybridized carbons (Fsp3) is 0.316. The summed E-state index contributed by atoms with van der Waals surface area (Å²) in [5.74, 6) is 0.896. The lowest BCUT2D eigenvalue weighted by atomic mass is 10.2. The number of hydrogen-bond donors (Lipinski definition) is 2. The fourth-order valence-electron chi connectivity index (χ4n) is 2.30. The van der Waals surface area contributed by atoms with E-state index in [2.05, 4.69) is 20.4 Å². The van der Waals surface area contributed by atoms with E-state index < -0.39 is 6.61 Å². The maximum Gasteiger partial charge on any atom is 0.387 e. The molecule has 2 rings (SSSR count). The third kappa shape index (κ3) is 7.98. The average Bonchev–Trinajstić information content (AvgIpc) is 2.64. The Kier molecular flexibility index (Phi) is 10.5. The molecule has 2 aromatic rings. The predicted molar refractivity (Wildman–Crippen MR) is 113 cm³/mol. The molecule has 27 heavy (non-hydrogen) atoms. The van der Waals surface area contributed by atoms with Crippen molar-refractivity contribution in [3.05, 3.63) is 59.7 Å². The summed E-state index contributed by atoms with van der Waals surface area (Å²) in [5, 5.41) is 6.39. The van der Waals surface area contributed by atoms with Gasteiger partial charge in [-0.2, -0.15) is 8.78 Å². The number of alkyl halides is 2. The molecule has 2 N–H and O–H groups in total. The van der Waals surface area contributed by atoms with E-state index in [1.165, 1.54) is 13.2 Å². The highest BCUT2D eigenvalue weighted by atomic mass is 127. The van der Waals surface area contributed by atoms with Crippen LogP contribution in [0.4, 0.5) is 8.78 Å². The van der Waals surface area contributed by atoms with Crippen molar-refractivity contribution in [2.45, 2.75) is 26.6 Å². The van der Waals surface area contributed by atoms with E-state index in [1.807, 2.05) is 37.3 Å². The third-order valence-electron chi connectivity index (χ3n) is 3.51. The van der Waals surface area contributed by atoms with Crippen molar-refractivity contribution in [1.29, 1.82) is 0 Å². The number of nitrogens with one attached hydrogen (secondary N) is 2. The van der Waals surface area contributed by atoms with Gasteiger partial charge in [-0.3, -0.25) is 0 Å². The van der Waals surface area contributed by atoms with Gasteiger partial charge >= 0.3 is 6.61 Å². The van der Waals surface area contributed by atoms with Gasteiger partial charge < -0.3 is 20.1 Å². The van der Waals surface area contributed by atoms with E-state index >= 15 is 0 Å². The van der Waals surface area contributed by atoms with E-state index in [1.54, 1.807) is 12.1 Å². The van der Waals surface area contributed by atoms with Crippen molar-refractivity contribution in [3.63, 3.8) is 0 Å². The number of aliphatic imine (C=N–C) groups is 1. The van der Waals surface area contributed by atoms with Crippen LogP contribution in [0.5, 0.6) is 11.5 Å². The normalized spacial score (nSPS) is 10.9. The molecule has 0 radical (unpaired) electrons. The second kappa shape index (κ2) is 12.3. The minimum absolute atomic E-state index is 0. The molecule has 0 bridgehead atoms. The molecular weight excluding hydrogens is 467 g/mol. The third-order valence-corrected chi connectivity index (χ3v) is 3.51. The number of benzene rings is 2. The molecular formula is C19H24F2IN3O2. The molecule has 8 heteroatoms. The van der Waals surface area contributed by atoms with Crippen LogP contribution in [0, 0.1) is 0 Å². The SMILES string of the molecule is CCNC(=NCc1ccc(OC)c(OC(F)F)c1)NCc1ccccc1.I. The quantitative estimate of drug-likeness (QED) is 0.331. The van der Waals surface area contributed by atoms with Crippen molar-refractivity contribution in [2.75, 3.05) is 13.7 Å². The van der Waals surface area contributed by atoms with Gasteiger partial charge in [0.25, 0.3) is 0 Å². The van der Waals surface area contributed by atoms with Gasteiger partial charge in [-0.15, -0.1) is 24.0 Å². The van der Waals surface area contributed by atoms with Crippen LogP contribution in [0.1, 0.15) is 18.1 Å². The molecule has 5 nitrogen and oxygen atoms in total. The molecule has 0 unspecified atom stereocenters. The largest absolute Gasteiger partial charge is 0.493 e. The summed E-state index contributed by atoms with van der Waals surface area (Å²) >= 11 is 0. The van der Waals surface area contributed by atoms with Crippen LogP contribution in [0.3, 0.4) is 0 Å². The second-order valence-corrected chi connectivity index (χ2v) is 5.40. The maximum absolute atomic E-state index is 12.5. The van der Waals surface area contributed by atoms with Crippen LogP contribution in [0.15, 0.2) is 53.5 Å². The number of nitrogens with zero attached hydrogens (tertiary/aromatic N) is 1. The van der Waals surface area contributed by atoms with Crippen LogP contribution >= 0.6 is 24.0 Å². The summed E-state index contributed by atoms with van der Waals surface area (Å²) in [5.41, 5.74) is 1.87. The van der Waals surface area contributed by atoms with Gasteiger partial charge in [0.2, 0.25) is 0 Å². The van der Waals surface area contributed by atoms with Crippen molar-refractivity contribution in [1.82, 2.24) is 10.6 Å². The van der Waals surface area contributed by atoms with Gasteiger partial charge in [-0.05, 0) is 30.2 Å². The molecule has 0 aliphatic heterocycles. The minimum Gasteiger partial charge on any atom is -0.493 e. The second-order valence-electron chi connectivity index (χ2n) is 5.40. The van der Waals surface area contributed by atoms with Crippen molar-refractivity contribution >= 4 is 29.9 Å². The first-order valence-electron chi connectivity index (χ1n) is 8.30. The number of rotatable bonds is 8. The summed E-state index contributed by atoms with van der Waals surface area (Å²) in [6.07, 6.45) is 0. The van der Waals surface area contributed by atoms with E-state index in [-0.39, 0.29) is 35.5 Å². The van der Waals surface area contributed by atoms with Crippen LogP contribution in [-0.4, -0.2) is 26.2 Å². The zero-order valence-electron chi connectivity index (χ0n) is 15.2. The van der Waals surface area contributed by atoms with Gasteiger partial charge in [0, 0.05) is 13.1 Å². The summed E-state index contributed by atoms with van der Waals surface area (Å²) in [4.78, 5) is 4.49. The van der Waals surface area contributed by atoms with Crippen molar-refractivity contribution in [2.24, 2.45) is 4.99 Å². The zero-order chi connectivity index (χ0) is 18.8. The Morgan fingerprint density at radius 1 is 1.04 bits per heavy atom. The summed E-state index contributed by atoms with van der Waals surface area (Å²) in [6, 6.07) is 14.8. The highest BCUT2D eigenvalue weighted by Gasteiger charge is 2.11. The lowest BCUT2D eigenvalue weighted by molar-refractivity contribution is -0.0512. The van der Waals surface area contributed by atoms with Crippen LogP contribution in [-0.2, 0) is 13.1 Å². The molecule has 2 aromatic carbocycles. The van der Waals surface area contributed by atoms with Gasteiger partial charge in [-0.25, -0.2) is 4.99 Å². The standard InChI is InChI=1S/C19H23F2N3O2.HI/c1-3-22-19(23-12-14-7-5-4-6-8-14)24-13-15-9-10-16(25-2)17(11-15)26-18(20)21;/h4-11,18H,3,12-13H2,1-2H3,(H2,22,23,24);1H. The summed E-state index contributed by atoms with van der Waals surface area (Å²) < 4.78 is 34.6. The van der Waals surface area contributed by atoms with Gasteiger partial charge in [0.1, 0.15) is 0 Å². The van der Waals surface area contributed by atoms with Gasteiger partial charge in [-0.1, -0.05) is 36.4 Å². The highest BCUT2D eigenvalue weighted by Crippen LogP contribution is 2.29. The first-order chi connectivity index (χ1) is 12.6. The first kappa shape index (κ1) is 22.9. The van der Waals surface area contributed by atoms with Crippen LogP contribution in [0.2, 0.25) is 0 Å². The number of hydrogen-bond acceptors (Lipinski definition) is 3. The van der Waals surface area contributed by atoms with Crippen molar-refractivity contribution in [3.8, 4) is 11.5 Å². The van der Waals surface area contributed by atoms with Gasteiger partial charge in [0.15, 0.2) is 17.5 Å². The minimum atomic E-state index is -2.91. The molecule has 0 aromatic heterocycles. The average molecular weight is 491 g/mol. The lowest BCUT2D eigenvalue weighted by Gasteiger charge is -2.13. The van der Waals surface area contributed by atoms with Crippen LogP contribution < -0.4 is 20.1 Å². The Morgan fingerprint density at radius 3 is 2.41 bits per heavy atom. The molecule has 0 aliphatic rings. The van der Waals surface area contributed by atoms with E-state index in [0.717, 1.165) is 11.1 Å². The lowest BCUT2D eigenvalue weighted by Crippen LogP contribution is -2.36. The Balaban J connectivity index is 0.00000364. The number of guanidine groups is 1. The van der Waals surface area contributed by atoms with E-state index in [0.29, 0.717) is 25.6 Å². The molecule has 148 valence electrons. The summed E-state index contributed by atoms with van der Waals surface area (Å²) in [7, 11) is 1.41. The monoisotopic (exact) mass is 491 g/mol. The molecule has 0 saturated carbocycles. The smallest absolute Gasteiger partial charge is 0.387 e. The molecule has 0 aliphatic carbocycles. The molecule has 0 fully saturated rings. The highest BCUT2D eigenvalue weighted by molar-refractivity contribution is 14.0. The number of halogens is 3. The number of ether oxygens (including phenoxy) is 2. The molecule has 0 amide bonds. The van der Waals surface area contributed by atoms with Crippen molar-refractivity contribution < 1.29 is 18.3 Å². The Morgan fingerprint density at radius 2 is 1.78 bits per heavy atom. The van der Waals surface area contributed by atoms with Gasteiger partial charge in [0.05, 0.1) is 13.7 Å². The Bertz CT molecular complexity index is 715. The van der Waals surface area contributed by atoms with Crippen LogP contribution in [0.25, 0.3) is 0 Å². The number of methoxy groups -OCH3 is 1. The maximum atomic E-state index is 12.5. The zero-order valence-corrected chi connectivity index (χ0v) is 17.6. The molecule has 0 heterocycles. The summed E-state index contributed by atoms with van der Waals surface area (Å²) in [6.45, 7) is 0.723. The molecule has 0 atom stereocenters. The first-order valence-corrected chi connectivity index (χ1v) is 8.30. The molecule has 0 saturated heterocycles. The topological polar surface area (TPSA) is 54.9 Å². The van der Waals surface area contributed by atoms with E-state index in [4.69, 9.17) is 4.74 Å².